The number of amides is 1. The summed E-state index contributed by atoms with van der Waals surface area (Å²) in [6, 6.07) is 3.97. The standard InChI is InChI=1S/C19H26N4O2S/c24-19(21-6-3-17-2-1-9-26-17)18-13-22(11-15-4-7-25-8-5-15)12-16-10-20-14-23(16)18/h1-2,9-10,14-15,18H,3-8,11-13H2,(H,21,24)/t18-/m1/s1. The summed E-state index contributed by atoms with van der Waals surface area (Å²) < 4.78 is 7.51. The Morgan fingerprint density at radius 1 is 1.38 bits per heavy atom. The summed E-state index contributed by atoms with van der Waals surface area (Å²) >= 11 is 1.73. The van der Waals surface area contributed by atoms with Gasteiger partial charge in [0.1, 0.15) is 6.04 Å². The van der Waals surface area contributed by atoms with Crippen molar-refractivity contribution in [2.75, 3.05) is 32.8 Å². The first-order chi connectivity index (χ1) is 12.8. The minimum absolute atomic E-state index is 0.0949. The van der Waals surface area contributed by atoms with Gasteiger partial charge in [0.05, 0.1) is 12.0 Å². The van der Waals surface area contributed by atoms with Crippen LogP contribution in [-0.2, 0) is 22.5 Å². The third-order valence-corrected chi connectivity index (χ3v) is 6.25. The van der Waals surface area contributed by atoms with Crippen LogP contribution in [0.25, 0.3) is 0 Å². The molecule has 0 aromatic carbocycles. The molecule has 0 saturated carbocycles. The molecule has 140 valence electrons. The fourth-order valence-corrected chi connectivity index (χ4v) is 4.59. The van der Waals surface area contributed by atoms with Gasteiger partial charge < -0.3 is 14.6 Å². The molecule has 6 nitrogen and oxygen atoms in total. The van der Waals surface area contributed by atoms with Crippen molar-refractivity contribution in [1.82, 2.24) is 19.8 Å². The van der Waals surface area contributed by atoms with Gasteiger partial charge in [0.15, 0.2) is 0 Å². The molecule has 1 N–H and O–H groups in total. The van der Waals surface area contributed by atoms with E-state index < -0.39 is 0 Å². The van der Waals surface area contributed by atoms with Gasteiger partial charge in [-0.3, -0.25) is 9.69 Å². The molecule has 2 aliphatic rings. The van der Waals surface area contributed by atoms with Crippen molar-refractivity contribution in [2.24, 2.45) is 5.92 Å². The third-order valence-electron chi connectivity index (χ3n) is 5.31. The van der Waals surface area contributed by atoms with Crippen molar-refractivity contribution < 1.29 is 9.53 Å². The normalized spacial score (nSPS) is 21.5. The highest BCUT2D eigenvalue weighted by atomic mass is 32.1. The number of rotatable bonds is 6. The smallest absolute Gasteiger partial charge is 0.244 e. The highest BCUT2D eigenvalue weighted by Crippen LogP contribution is 2.24. The Morgan fingerprint density at radius 3 is 3.08 bits per heavy atom. The van der Waals surface area contributed by atoms with Crippen LogP contribution in [0.2, 0.25) is 0 Å². The van der Waals surface area contributed by atoms with Crippen molar-refractivity contribution in [1.29, 1.82) is 0 Å². The van der Waals surface area contributed by atoms with Gasteiger partial charge in [0, 0.05) is 50.5 Å². The van der Waals surface area contributed by atoms with Crippen LogP contribution in [0.5, 0.6) is 0 Å². The van der Waals surface area contributed by atoms with Crippen LogP contribution >= 0.6 is 11.3 Å². The Bertz CT molecular complexity index is 709. The lowest BCUT2D eigenvalue weighted by Gasteiger charge is -2.36. The lowest BCUT2D eigenvalue weighted by molar-refractivity contribution is -0.125. The van der Waals surface area contributed by atoms with E-state index in [4.69, 9.17) is 4.74 Å². The van der Waals surface area contributed by atoms with Crippen LogP contribution in [0, 0.1) is 5.92 Å². The van der Waals surface area contributed by atoms with Gasteiger partial charge in [-0.2, -0.15) is 0 Å². The number of carbonyl (C=O) groups excluding carboxylic acids is 1. The number of aromatic nitrogens is 2. The molecule has 4 heterocycles. The lowest BCUT2D eigenvalue weighted by Crippen LogP contribution is -2.46. The minimum Gasteiger partial charge on any atom is -0.381 e. The van der Waals surface area contributed by atoms with E-state index in [1.54, 1.807) is 17.7 Å². The van der Waals surface area contributed by atoms with Gasteiger partial charge in [-0.15, -0.1) is 11.3 Å². The van der Waals surface area contributed by atoms with Gasteiger partial charge in [-0.1, -0.05) is 6.07 Å². The van der Waals surface area contributed by atoms with Gasteiger partial charge >= 0.3 is 0 Å². The molecule has 0 aliphatic carbocycles. The summed E-state index contributed by atoms with van der Waals surface area (Å²) in [5, 5.41) is 5.19. The van der Waals surface area contributed by atoms with Gasteiger partial charge in [-0.05, 0) is 36.6 Å². The molecular weight excluding hydrogens is 348 g/mol. The molecule has 1 saturated heterocycles. The summed E-state index contributed by atoms with van der Waals surface area (Å²) in [5.41, 5.74) is 1.13. The van der Waals surface area contributed by atoms with E-state index in [9.17, 15) is 4.79 Å². The molecule has 2 aliphatic heterocycles. The van der Waals surface area contributed by atoms with Crippen molar-refractivity contribution in [2.45, 2.75) is 31.8 Å². The first-order valence-electron chi connectivity index (χ1n) is 9.40. The number of imidazole rings is 1. The maximum absolute atomic E-state index is 12.8. The molecule has 1 fully saturated rings. The molecule has 0 spiro atoms. The number of ether oxygens (including phenoxy) is 1. The van der Waals surface area contributed by atoms with E-state index in [1.165, 1.54) is 4.88 Å². The average molecular weight is 375 g/mol. The largest absolute Gasteiger partial charge is 0.381 e. The lowest BCUT2D eigenvalue weighted by atomic mass is 9.98. The summed E-state index contributed by atoms with van der Waals surface area (Å²) in [4.78, 5) is 20.8. The third kappa shape index (κ3) is 4.16. The monoisotopic (exact) mass is 374 g/mol. The van der Waals surface area contributed by atoms with Crippen molar-refractivity contribution >= 4 is 17.2 Å². The molecule has 0 radical (unpaired) electrons. The molecule has 4 rings (SSSR count). The summed E-state index contributed by atoms with van der Waals surface area (Å²) in [6.07, 6.45) is 6.81. The molecule has 0 bridgehead atoms. The first kappa shape index (κ1) is 17.7. The van der Waals surface area contributed by atoms with Crippen LogP contribution in [0.3, 0.4) is 0 Å². The summed E-state index contributed by atoms with van der Waals surface area (Å²) in [6.45, 7) is 5.07. The van der Waals surface area contributed by atoms with Crippen LogP contribution in [-0.4, -0.2) is 53.2 Å². The van der Waals surface area contributed by atoms with Crippen molar-refractivity contribution in [3.05, 3.63) is 40.6 Å². The van der Waals surface area contributed by atoms with E-state index in [0.717, 1.165) is 57.8 Å². The molecule has 2 aromatic heterocycles. The topological polar surface area (TPSA) is 59.4 Å². The minimum atomic E-state index is -0.190. The highest BCUT2D eigenvalue weighted by molar-refractivity contribution is 7.09. The summed E-state index contributed by atoms with van der Waals surface area (Å²) in [5.74, 6) is 0.762. The number of carbonyl (C=O) groups is 1. The Balaban J connectivity index is 1.36. The van der Waals surface area contributed by atoms with Gasteiger partial charge in [-0.25, -0.2) is 4.98 Å². The molecule has 1 amide bonds. The number of hydrogen-bond donors (Lipinski definition) is 1. The SMILES string of the molecule is O=C(NCCc1cccs1)[C@H]1CN(CC2CCOCC2)Cc2cncn21. The second kappa shape index (κ2) is 8.33. The fraction of sp³-hybridized carbons (Fsp3) is 0.579. The van der Waals surface area contributed by atoms with E-state index in [-0.39, 0.29) is 11.9 Å². The molecule has 26 heavy (non-hydrogen) atoms. The molecule has 0 unspecified atom stereocenters. The van der Waals surface area contributed by atoms with E-state index >= 15 is 0 Å². The predicted octanol–water partition coefficient (Wildman–Crippen LogP) is 2.09. The average Bonchev–Trinajstić information content (AvgIpc) is 3.33. The maximum atomic E-state index is 12.8. The number of fused-ring (bicyclic) bond motifs is 1. The van der Waals surface area contributed by atoms with Gasteiger partial charge in [0.25, 0.3) is 0 Å². The first-order valence-corrected chi connectivity index (χ1v) is 10.3. The Labute approximate surface area is 158 Å². The second-order valence-electron chi connectivity index (χ2n) is 7.18. The predicted molar refractivity (Wildman–Crippen MR) is 101 cm³/mol. The van der Waals surface area contributed by atoms with Gasteiger partial charge in [0.2, 0.25) is 5.91 Å². The highest BCUT2D eigenvalue weighted by Gasteiger charge is 2.31. The number of nitrogens with zero attached hydrogens (tertiary/aromatic N) is 3. The van der Waals surface area contributed by atoms with Crippen LogP contribution in [0.4, 0.5) is 0 Å². The van der Waals surface area contributed by atoms with E-state index in [1.807, 2.05) is 10.8 Å². The maximum Gasteiger partial charge on any atom is 0.244 e. The van der Waals surface area contributed by atoms with Crippen LogP contribution in [0.15, 0.2) is 30.0 Å². The second-order valence-corrected chi connectivity index (χ2v) is 8.21. The van der Waals surface area contributed by atoms with E-state index in [2.05, 4.69) is 32.7 Å². The Hall–Kier alpha value is -1.70. The zero-order chi connectivity index (χ0) is 17.8. The van der Waals surface area contributed by atoms with Crippen molar-refractivity contribution in [3.63, 3.8) is 0 Å². The molecule has 1 atom stereocenters. The Morgan fingerprint density at radius 2 is 2.27 bits per heavy atom. The van der Waals surface area contributed by atoms with Crippen LogP contribution in [0.1, 0.15) is 29.5 Å². The summed E-state index contributed by atoms with van der Waals surface area (Å²) in [7, 11) is 0. The van der Waals surface area contributed by atoms with E-state index in [0.29, 0.717) is 12.5 Å². The quantitative estimate of drug-likeness (QED) is 0.841. The zero-order valence-electron chi connectivity index (χ0n) is 15.0. The zero-order valence-corrected chi connectivity index (χ0v) is 15.8. The number of nitrogens with one attached hydrogen (secondary N) is 1. The molecular formula is C19H26N4O2S. The van der Waals surface area contributed by atoms with Crippen molar-refractivity contribution in [3.8, 4) is 0 Å². The molecule has 2 aromatic rings. The Kier molecular flexibility index (Phi) is 5.67. The van der Waals surface area contributed by atoms with Crippen LogP contribution < -0.4 is 5.32 Å². The fourth-order valence-electron chi connectivity index (χ4n) is 3.89. The number of hydrogen-bond acceptors (Lipinski definition) is 5. The number of thiophene rings is 1. The molecule has 7 heteroatoms.